The van der Waals surface area contributed by atoms with E-state index in [1.54, 1.807) is 6.26 Å². The summed E-state index contributed by atoms with van der Waals surface area (Å²) in [5, 5.41) is 13.4. The van der Waals surface area contributed by atoms with E-state index in [0.29, 0.717) is 6.42 Å². The van der Waals surface area contributed by atoms with E-state index < -0.39 is 0 Å². The van der Waals surface area contributed by atoms with Crippen molar-refractivity contribution in [3.05, 3.63) is 35.6 Å². The standard InChI is InChI=1S/C17H21NO3/c1-11-5-6-14-13(10-21-16(14)7-11)8-17(20)18-15-4-2-3-12(15)9-19/h5-7,10,12,15,19H,2-4,8-9H2,1H3,(H,18,20). The first-order chi connectivity index (χ1) is 10.2. The summed E-state index contributed by atoms with van der Waals surface area (Å²) in [4.78, 5) is 12.2. The highest BCUT2D eigenvalue weighted by Gasteiger charge is 2.27. The Morgan fingerprint density at radius 2 is 2.29 bits per heavy atom. The quantitative estimate of drug-likeness (QED) is 0.908. The average Bonchev–Trinajstić information content (AvgIpc) is 3.05. The van der Waals surface area contributed by atoms with E-state index in [-0.39, 0.29) is 24.5 Å². The van der Waals surface area contributed by atoms with Crippen LogP contribution in [0.3, 0.4) is 0 Å². The van der Waals surface area contributed by atoms with Crippen molar-refractivity contribution >= 4 is 16.9 Å². The maximum atomic E-state index is 12.2. The zero-order valence-corrected chi connectivity index (χ0v) is 12.3. The number of carbonyl (C=O) groups is 1. The van der Waals surface area contributed by atoms with Crippen LogP contribution in [-0.4, -0.2) is 23.7 Å². The van der Waals surface area contributed by atoms with Gasteiger partial charge in [-0.1, -0.05) is 18.6 Å². The number of aliphatic hydroxyl groups excluding tert-OH is 1. The number of aryl methyl sites for hydroxylation is 1. The third-order valence-corrected chi connectivity index (χ3v) is 4.40. The molecule has 4 nitrogen and oxygen atoms in total. The molecule has 0 spiro atoms. The van der Waals surface area contributed by atoms with Gasteiger partial charge in [-0.05, 0) is 31.4 Å². The number of carbonyl (C=O) groups excluding carboxylic acids is 1. The van der Waals surface area contributed by atoms with Crippen molar-refractivity contribution in [3.8, 4) is 0 Å². The van der Waals surface area contributed by atoms with Crippen molar-refractivity contribution < 1.29 is 14.3 Å². The predicted molar refractivity (Wildman–Crippen MR) is 81.0 cm³/mol. The highest BCUT2D eigenvalue weighted by atomic mass is 16.3. The van der Waals surface area contributed by atoms with Gasteiger partial charge in [-0.2, -0.15) is 0 Å². The van der Waals surface area contributed by atoms with Crippen LogP contribution >= 0.6 is 0 Å². The summed E-state index contributed by atoms with van der Waals surface area (Å²) in [6.07, 6.45) is 5.02. The van der Waals surface area contributed by atoms with Crippen LogP contribution in [0.1, 0.15) is 30.4 Å². The maximum Gasteiger partial charge on any atom is 0.224 e. The van der Waals surface area contributed by atoms with Crippen LogP contribution in [0.5, 0.6) is 0 Å². The van der Waals surface area contributed by atoms with Crippen molar-refractivity contribution in [2.24, 2.45) is 5.92 Å². The molecule has 0 radical (unpaired) electrons. The summed E-state index contributed by atoms with van der Waals surface area (Å²) < 4.78 is 5.52. The van der Waals surface area contributed by atoms with Gasteiger partial charge in [-0.25, -0.2) is 0 Å². The summed E-state index contributed by atoms with van der Waals surface area (Å²) in [6, 6.07) is 6.12. The Labute approximate surface area is 124 Å². The first-order valence-corrected chi connectivity index (χ1v) is 7.54. The van der Waals surface area contributed by atoms with Crippen LogP contribution in [0.4, 0.5) is 0 Å². The van der Waals surface area contributed by atoms with Crippen molar-refractivity contribution in [3.63, 3.8) is 0 Å². The van der Waals surface area contributed by atoms with E-state index in [9.17, 15) is 9.90 Å². The van der Waals surface area contributed by atoms with Crippen molar-refractivity contribution in [1.82, 2.24) is 5.32 Å². The van der Waals surface area contributed by atoms with Crippen LogP contribution in [0.15, 0.2) is 28.9 Å². The van der Waals surface area contributed by atoms with Gasteiger partial charge in [0.05, 0.1) is 12.7 Å². The highest BCUT2D eigenvalue weighted by Crippen LogP contribution is 2.26. The second kappa shape index (κ2) is 5.90. The second-order valence-corrected chi connectivity index (χ2v) is 5.98. The number of hydrogen-bond donors (Lipinski definition) is 2. The van der Waals surface area contributed by atoms with Crippen molar-refractivity contribution in [2.45, 2.75) is 38.6 Å². The highest BCUT2D eigenvalue weighted by molar-refractivity contribution is 5.88. The summed E-state index contributed by atoms with van der Waals surface area (Å²) in [6.45, 7) is 2.17. The minimum Gasteiger partial charge on any atom is -0.464 e. The monoisotopic (exact) mass is 287 g/mol. The van der Waals surface area contributed by atoms with Crippen LogP contribution in [-0.2, 0) is 11.2 Å². The first kappa shape index (κ1) is 14.1. The van der Waals surface area contributed by atoms with Gasteiger partial charge in [-0.3, -0.25) is 4.79 Å². The van der Waals surface area contributed by atoms with Gasteiger partial charge in [0.25, 0.3) is 0 Å². The molecule has 1 heterocycles. The Kier molecular flexibility index (Phi) is 3.97. The van der Waals surface area contributed by atoms with E-state index >= 15 is 0 Å². The maximum absolute atomic E-state index is 12.2. The number of furan rings is 1. The molecule has 1 aliphatic rings. The topological polar surface area (TPSA) is 62.5 Å². The molecule has 0 saturated heterocycles. The lowest BCUT2D eigenvalue weighted by molar-refractivity contribution is -0.121. The first-order valence-electron chi connectivity index (χ1n) is 7.54. The normalized spacial score (nSPS) is 21.8. The van der Waals surface area contributed by atoms with Gasteiger partial charge in [0.1, 0.15) is 5.58 Å². The Bertz CT molecular complexity index is 647. The summed E-state index contributed by atoms with van der Waals surface area (Å²) >= 11 is 0. The molecule has 1 aliphatic carbocycles. The largest absolute Gasteiger partial charge is 0.464 e. The van der Waals surface area contributed by atoms with Crippen LogP contribution in [0, 0.1) is 12.8 Å². The number of aliphatic hydroxyl groups is 1. The van der Waals surface area contributed by atoms with E-state index in [4.69, 9.17) is 4.42 Å². The molecule has 21 heavy (non-hydrogen) atoms. The SMILES string of the molecule is Cc1ccc2c(CC(=O)NC3CCCC3CO)coc2c1. The molecule has 3 rings (SSSR count). The molecule has 1 aromatic carbocycles. The van der Waals surface area contributed by atoms with Gasteiger partial charge in [0, 0.05) is 29.5 Å². The molecule has 4 heteroatoms. The predicted octanol–water partition coefficient (Wildman–Crippen LogP) is 2.56. The molecule has 2 N–H and O–H groups in total. The Morgan fingerprint density at radius 1 is 1.43 bits per heavy atom. The molecule has 1 saturated carbocycles. The fraction of sp³-hybridized carbons (Fsp3) is 0.471. The molecule has 2 unspecified atom stereocenters. The van der Waals surface area contributed by atoms with Gasteiger partial charge >= 0.3 is 0 Å². The molecule has 112 valence electrons. The molecular weight excluding hydrogens is 266 g/mol. The Morgan fingerprint density at radius 3 is 3.10 bits per heavy atom. The molecule has 1 fully saturated rings. The van der Waals surface area contributed by atoms with E-state index in [2.05, 4.69) is 5.32 Å². The summed E-state index contributed by atoms with van der Waals surface area (Å²) in [5.74, 6) is 0.210. The molecule has 0 bridgehead atoms. The number of hydrogen-bond acceptors (Lipinski definition) is 3. The van der Waals surface area contributed by atoms with Crippen molar-refractivity contribution in [2.75, 3.05) is 6.61 Å². The number of rotatable bonds is 4. The lowest BCUT2D eigenvalue weighted by atomic mass is 10.0. The third kappa shape index (κ3) is 2.95. The number of benzene rings is 1. The zero-order chi connectivity index (χ0) is 14.8. The minimum absolute atomic E-state index is 0.00336. The van der Waals surface area contributed by atoms with Crippen LogP contribution < -0.4 is 5.32 Å². The van der Waals surface area contributed by atoms with E-state index in [1.165, 1.54) is 0 Å². The lowest BCUT2D eigenvalue weighted by Gasteiger charge is -2.18. The zero-order valence-electron chi connectivity index (χ0n) is 12.3. The number of amides is 1. The molecule has 0 aliphatic heterocycles. The number of nitrogens with one attached hydrogen (secondary N) is 1. The van der Waals surface area contributed by atoms with E-state index in [1.807, 2.05) is 25.1 Å². The van der Waals surface area contributed by atoms with Gasteiger partial charge in [0.15, 0.2) is 0 Å². The lowest BCUT2D eigenvalue weighted by Crippen LogP contribution is -2.39. The van der Waals surface area contributed by atoms with Gasteiger partial charge in [-0.15, -0.1) is 0 Å². The fourth-order valence-electron chi connectivity index (χ4n) is 3.20. The summed E-state index contributed by atoms with van der Waals surface area (Å²) in [5.41, 5.74) is 2.89. The molecular formula is C17H21NO3. The Hall–Kier alpha value is -1.81. The average molecular weight is 287 g/mol. The van der Waals surface area contributed by atoms with Crippen LogP contribution in [0.2, 0.25) is 0 Å². The van der Waals surface area contributed by atoms with Crippen LogP contribution in [0.25, 0.3) is 11.0 Å². The van der Waals surface area contributed by atoms with Gasteiger partial charge < -0.3 is 14.8 Å². The second-order valence-electron chi connectivity index (χ2n) is 5.98. The molecule has 2 atom stereocenters. The third-order valence-electron chi connectivity index (χ3n) is 4.40. The molecule has 2 aromatic rings. The Balaban J connectivity index is 1.69. The molecule has 1 amide bonds. The number of fused-ring (bicyclic) bond motifs is 1. The van der Waals surface area contributed by atoms with E-state index in [0.717, 1.165) is 41.4 Å². The fourth-order valence-corrected chi connectivity index (χ4v) is 3.20. The van der Waals surface area contributed by atoms with Gasteiger partial charge in [0.2, 0.25) is 5.91 Å². The smallest absolute Gasteiger partial charge is 0.224 e. The molecule has 1 aromatic heterocycles. The van der Waals surface area contributed by atoms with Crippen molar-refractivity contribution in [1.29, 1.82) is 0 Å². The summed E-state index contributed by atoms with van der Waals surface area (Å²) in [7, 11) is 0. The minimum atomic E-state index is 0.00336.